The Hall–Kier alpha value is -3.03. The van der Waals surface area contributed by atoms with Gasteiger partial charge in [-0.15, -0.1) is 0 Å². The zero-order valence-electron chi connectivity index (χ0n) is 15.9. The summed E-state index contributed by atoms with van der Waals surface area (Å²) < 4.78 is 69.4. The summed E-state index contributed by atoms with van der Waals surface area (Å²) in [6.07, 6.45) is -3.28. The molecule has 1 aliphatic rings. The first kappa shape index (κ1) is 22.7. The van der Waals surface area contributed by atoms with Gasteiger partial charge >= 0.3 is 6.18 Å². The summed E-state index contributed by atoms with van der Waals surface area (Å²) in [7, 11) is -3.92. The highest BCUT2D eigenvalue weighted by atomic mass is 32.2. The van der Waals surface area contributed by atoms with Gasteiger partial charge in [-0.2, -0.15) is 22.6 Å². The Morgan fingerprint density at radius 3 is 2.35 bits per heavy atom. The summed E-state index contributed by atoms with van der Waals surface area (Å²) in [5.41, 5.74) is 1.35. The van der Waals surface area contributed by atoms with Crippen LogP contribution in [0.25, 0.3) is 0 Å². The molecule has 0 unspecified atom stereocenters. The number of hydrogen-bond acceptors (Lipinski definition) is 7. The molecule has 1 heterocycles. The summed E-state index contributed by atoms with van der Waals surface area (Å²) in [4.78, 5) is 10.4. The second kappa shape index (κ2) is 8.99. The molecule has 0 aliphatic carbocycles. The van der Waals surface area contributed by atoms with Gasteiger partial charge in [-0.05, 0) is 29.8 Å². The Morgan fingerprint density at radius 2 is 1.77 bits per heavy atom. The van der Waals surface area contributed by atoms with Crippen molar-refractivity contribution >= 4 is 27.6 Å². The third-order valence-corrected chi connectivity index (χ3v) is 6.30. The van der Waals surface area contributed by atoms with Gasteiger partial charge in [-0.3, -0.25) is 15.5 Å². The van der Waals surface area contributed by atoms with Crippen molar-refractivity contribution < 1.29 is 31.2 Å². The maximum absolute atomic E-state index is 12.7. The van der Waals surface area contributed by atoms with E-state index in [0.717, 1.165) is 18.2 Å². The van der Waals surface area contributed by atoms with Gasteiger partial charge in [-0.25, -0.2) is 8.42 Å². The molecule has 0 bridgehead atoms. The number of nitro benzene ring substituents is 1. The number of ether oxygens (including phenoxy) is 1. The van der Waals surface area contributed by atoms with E-state index in [1.54, 1.807) is 0 Å². The number of rotatable bonds is 6. The van der Waals surface area contributed by atoms with Crippen molar-refractivity contribution in [1.29, 1.82) is 0 Å². The van der Waals surface area contributed by atoms with E-state index < -0.39 is 32.4 Å². The van der Waals surface area contributed by atoms with E-state index >= 15 is 0 Å². The number of hydrazone groups is 1. The molecule has 13 heteroatoms. The molecule has 9 nitrogen and oxygen atoms in total. The smallest absolute Gasteiger partial charge is 0.379 e. The SMILES string of the molecule is O=[N+]([O-])c1cc(S(=O)(=O)N2CCOCC2)ccc1N/N=C\c1ccc(C(F)(F)F)cc1. The largest absolute Gasteiger partial charge is 0.416 e. The topological polar surface area (TPSA) is 114 Å². The number of hydrogen-bond donors (Lipinski definition) is 1. The number of morpholine rings is 1. The normalized spacial score (nSPS) is 15.8. The first-order valence-corrected chi connectivity index (χ1v) is 10.4. The van der Waals surface area contributed by atoms with E-state index in [-0.39, 0.29) is 36.9 Å². The summed E-state index contributed by atoms with van der Waals surface area (Å²) >= 11 is 0. The number of nitrogens with zero attached hydrogens (tertiary/aromatic N) is 3. The fourth-order valence-electron chi connectivity index (χ4n) is 2.79. The molecule has 3 rings (SSSR count). The maximum Gasteiger partial charge on any atom is 0.416 e. The van der Waals surface area contributed by atoms with Crippen LogP contribution in [-0.4, -0.2) is 50.2 Å². The minimum absolute atomic E-state index is 0.0749. The molecule has 1 N–H and O–H groups in total. The van der Waals surface area contributed by atoms with Crippen molar-refractivity contribution in [3.63, 3.8) is 0 Å². The Bertz CT molecular complexity index is 1080. The minimum Gasteiger partial charge on any atom is -0.379 e. The zero-order chi connectivity index (χ0) is 22.6. The van der Waals surface area contributed by atoms with E-state index in [4.69, 9.17) is 4.74 Å². The van der Waals surface area contributed by atoms with E-state index in [0.29, 0.717) is 5.56 Å². The molecule has 1 saturated heterocycles. The first-order valence-electron chi connectivity index (χ1n) is 8.92. The lowest BCUT2D eigenvalue weighted by molar-refractivity contribution is -0.384. The van der Waals surface area contributed by atoms with Crippen LogP contribution < -0.4 is 5.43 Å². The third-order valence-electron chi connectivity index (χ3n) is 4.41. The van der Waals surface area contributed by atoms with Crippen LogP contribution >= 0.6 is 0 Å². The number of alkyl halides is 3. The summed E-state index contributed by atoms with van der Waals surface area (Å²) in [5, 5.41) is 15.2. The van der Waals surface area contributed by atoms with Gasteiger partial charge in [0.05, 0.1) is 34.8 Å². The van der Waals surface area contributed by atoms with E-state index in [1.165, 1.54) is 34.8 Å². The van der Waals surface area contributed by atoms with Gasteiger partial charge in [0, 0.05) is 19.2 Å². The quantitative estimate of drug-likeness (QED) is 0.404. The van der Waals surface area contributed by atoms with Gasteiger partial charge in [0.2, 0.25) is 10.0 Å². The van der Waals surface area contributed by atoms with Crippen LogP contribution in [0.1, 0.15) is 11.1 Å². The first-order chi connectivity index (χ1) is 14.6. The van der Waals surface area contributed by atoms with Crippen LogP contribution in [0.2, 0.25) is 0 Å². The average Bonchev–Trinajstić information content (AvgIpc) is 2.74. The molecule has 1 fully saturated rings. The predicted molar refractivity (Wildman–Crippen MR) is 105 cm³/mol. The summed E-state index contributed by atoms with van der Waals surface area (Å²) in [6.45, 7) is 0.764. The lowest BCUT2D eigenvalue weighted by Gasteiger charge is -2.26. The van der Waals surface area contributed by atoms with Crippen molar-refractivity contribution in [2.24, 2.45) is 5.10 Å². The Kier molecular flexibility index (Phi) is 6.57. The number of benzene rings is 2. The van der Waals surface area contributed by atoms with Gasteiger partial charge in [0.15, 0.2) is 0 Å². The Labute approximate surface area is 175 Å². The number of anilines is 1. The van der Waals surface area contributed by atoms with Crippen molar-refractivity contribution in [3.05, 3.63) is 63.7 Å². The van der Waals surface area contributed by atoms with Crippen molar-refractivity contribution in [3.8, 4) is 0 Å². The molecule has 0 aromatic heterocycles. The van der Waals surface area contributed by atoms with Crippen molar-refractivity contribution in [2.45, 2.75) is 11.1 Å². The molecule has 1 aliphatic heterocycles. The fourth-order valence-corrected chi connectivity index (χ4v) is 4.22. The molecule has 0 amide bonds. The van der Waals surface area contributed by atoms with Crippen molar-refractivity contribution in [2.75, 3.05) is 31.7 Å². The molecule has 31 heavy (non-hydrogen) atoms. The summed E-state index contributed by atoms with van der Waals surface area (Å²) in [6, 6.07) is 7.51. The standard InChI is InChI=1S/C18H17F3N4O5S/c19-18(20,21)14-3-1-13(2-4-14)12-22-23-16-6-5-15(11-17(16)25(26)27)31(28,29)24-7-9-30-10-8-24/h1-6,11-12,23H,7-10H2/b22-12-. The molecule has 0 atom stereocenters. The van der Waals surface area contributed by atoms with Crippen LogP contribution in [0.4, 0.5) is 24.5 Å². The predicted octanol–water partition coefficient (Wildman–Crippen LogP) is 3.08. The van der Waals surface area contributed by atoms with Crippen LogP contribution in [-0.2, 0) is 20.9 Å². The third kappa shape index (κ3) is 5.37. The second-order valence-electron chi connectivity index (χ2n) is 6.44. The molecule has 2 aromatic rings. The number of sulfonamides is 1. The van der Waals surface area contributed by atoms with E-state index in [2.05, 4.69) is 10.5 Å². The lowest BCUT2D eigenvalue weighted by Crippen LogP contribution is -2.40. The molecule has 166 valence electrons. The highest BCUT2D eigenvalue weighted by Gasteiger charge is 2.30. The Morgan fingerprint density at radius 1 is 1.13 bits per heavy atom. The van der Waals surface area contributed by atoms with Gasteiger partial charge < -0.3 is 4.74 Å². The lowest BCUT2D eigenvalue weighted by atomic mass is 10.1. The molecular weight excluding hydrogens is 441 g/mol. The Balaban J connectivity index is 1.79. The average molecular weight is 458 g/mol. The minimum atomic E-state index is -4.46. The highest BCUT2D eigenvalue weighted by molar-refractivity contribution is 7.89. The van der Waals surface area contributed by atoms with E-state index in [9.17, 15) is 31.7 Å². The van der Waals surface area contributed by atoms with Gasteiger partial charge in [0.25, 0.3) is 5.69 Å². The number of nitro groups is 1. The monoisotopic (exact) mass is 458 g/mol. The van der Waals surface area contributed by atoms with Crippen LogP contribution in [0.3, 0.4) is 0 Å². The van der Waals surface area contributed by atoms with Crippen LogP contribution in [0, 0.1) is 10.1 Å². The number of nitrogens with one attached hydrogen (secondary N) is 1. The summed E-state index contributed by atoms with van der Waals surface area (Å²) in [5.74, 6) is 0. The van der Waals surface area contributed by atoms with Crippen LogP contribution in [0.5, 0.6) is 0 Å². The molecule has 0 spiro atoms. The zero-order valence-corrected chi connectivity index (χ0v) is 16.7. The molecule has 0 radical (unpaired) electrons. The molecule has 2 aromatic carbocycles. The van der Waals surface area contributed by atoms with Gasteiger partial charge in [0.1, 0.15) is 5.69 Å². The highest BCUT2D eigenvalue weighted by Crippen LogP contribution is 2.30. The maximum atomic E-state index is 12.7. The molecular formula is C18H17F3N4O5S. The van der Waals surface area contributed by atoms with Crippen LogP contribution in [0.15, 0.2) is 52.5 Å². The van der Waals surface area contributed by atoms with E-state index in [1.807, 2.05) is 0 Å². The number of halogens is 3. The van der Waals surface area contributed by atoms with Crippen molar-refractivity contribution in [1.82, 2.24) is 4.31 Å². The second-order valence-corrected chi connectivity index (χ2v) is 8.38. The molecule has 0 saturated carbocycles. The fraction of sp³-hybridized carbons (Fsp3) is 0.278. The van der Waals surface area contributed by atoms with Gasteiger partial charge in [-0.1, -0.05) is 12.1 Å².